The molecule has 0 unspecified atom stereocenters. The minimum atomic E-state index is -0.355. The maximum atomic E-state index is 11.4. The molecule has 5 nitrogen and oxygen atoms in total. The Bertz CT molecular complexity index is 561. The Morgan fingerprint density at radius 3 is 2.93 bits per heavy atom. The van der Waals surface area contributed by atoms with Crippen molar-refractivity contribution in [2.75, 3.05) is 0 Å². The van der Waals surface area contributed by atoms with Crippen molar-refractivity contribution in [2.45, 2.75) is 19.9 Å². The summed E-state index contributed by atoms with van der Waals surface area (Å²) in [4.78, 5) is 27.9. The highest BCUT2D eigenvalue weighted by molar-refractivity contribution is 5.74. The zero-order valence-corrected chi connectivity index (χ0v) is 7.83. The van der Waals surface area contributed by atoms with Crippen molar-refractivity contribution >= 4 is 11.0 Å². The predicted octanol–water partition coefficient (Wildman–Crippen LogP) is 0.428. The van der Waals surface area contributed by atoms with Crippen molar-refractivity contribution in [1.29, 1.82) is 0 Å². The predicted molar refractivity (Wildman–Crippen MR) is 53.5 cm³/mol. The molecule has 74 valence electrons. The van der Waals surface area contributed by atoms with Gasteiger partial charge in [-0.1, -0.05) is 6.92 Å². The standard InChI is InChI=1S/C9H11N3O2/c1-2-5-12-7-6(3-4-10-7)8(13)11-9(12)14/h3-4,10H,2,5H2,1H3,(H,11,13,14). The molecular weight excluding hydrogens is 182 g/mol. The minimum absolute atomic E-state index is 0.335. The van der Waals surface area contributed by atoms with Crippen LogP contribution in [0.3, 0.4) is 0 Å². The van der Waals surface area contributed by atoms with Crippen LogP contribution >= 0.6 is 0 Å². The summed E-state index contributed by atoms with van der Waals surface area (Å²) in [5.41, 5.74) is -0.0917. The van der Waals surface area contributed by atoms with Crippen LogP contribution in [-0.4, -0.2) is 14.5 Å². The van der Waals surface area contributed by atoms with Crippen LogP contribution < -0.4 is 11.2 Å². The second-order valence-corrected chi connectivity index (χ2v) is 3.15. The van der Waals surface area contributed by atoms with Gasteiger partial charge in [0.15, 0.2) is 0 Å². The summed E-state index contributed by atoms with van der Waals surface area (Å²) in [6.07, 6.45) is 2.51. The fraction of sp³-hybridized carbons (Fsp3) is 0.333. The maximum Gasteiger partial charge on any atom is 0.329 e. The first-order valence-corrected chi connectivity index (χ1v) is 4.54. The molecule has 2 N–H and O–H groups in total. The summed E-state index contributed by atoms with van der Waals surface area (Å²) in [7, 11) is 0. The number of aromatic amines is 2. The van der Waals surface area contributed by atoms with Crippen LogP contribution in [0.15, 0.2) is 21.9 Å². The van der Waals surface area contributed by atoms with E-state index in [4.69, 9.17) is 0 Å². The summed E-state index contributed by atoms with van der Waals surface area (Å²) in [6, 6.07) is 1.67. The van der Waals surface area contributed by atoms with E-state index >= 15 is 0 Å². The average Bonchev–Trinajstić information content (AvgIpc) is 2.60. The molecule has 0 aliphatic rings. The zero-order chi connectivity index (χ0) is 10.1. The van der Waals surface area contributed by atoms with Crippen LogP contribution in [0.2, 0.25) is 0 Å². The van der Waals surface area contributed by atoms with Gasteiger partial charge in [0.1, 0.15) is 5.65 Å². The van der Waals surface area contributed by atoms with Crippen molar-refractivity contribution in [3.63, 3.8) is 0 Å². The Labute approximate surface area is 79.4 Å². The molecule has 0 saturated carbocycles. The largest absolute Gasteiger partial charge is 0.347 e. The van der Waals surface area contributed by atoms with Crippen LogP contribution in [0.5, 0.6) is 0 Å². The monoisotopic (exact) mass is 193 g/mol. The molecule has 2 rings (SSSR count). The Hall–Kier alpha value is -1.78. The van der Waals surface area contributed by atoms with Crippen LogP contribution in [0.1, 0.15) is 13.3 Å². The smallest absolute Gasteiger partial charge is 0.329 e. The fourth-order valence-corrected chi connectivity index (χ4v) is 1.54. The number of H-pyrrole nitrogens is 2. The van der Waals surface area contributed by atoms with E-state index in [9.17, 15) is 9.59 Å². The van der Waals surface area contributed by atoms with Crippen LogP contribution in [0.25, 0.3) is 11.0 Å². The Balaban J connectivity index is 2.86. The molecule has 0 amide bonds. The first kappa shape index (κ1) is 8.80. The van der Waals surface area contributed by atoms with Gasteiger partial charge in [0.2, 0.25) is 0 Å². The topological polar surface area (TPSA) is 70.7 Å². The Kier molecular flexibility index (Phi) is 1.99. The number of hydrogen-bond acceptors (Lipinski definition) is 2. The lowest BCUT2D eigenvalue weighted by Crippen LogP contribution is -2.30. The second kappa shape index (κ2) is 3.17. The first-order valence-electron chi connectivity index (χ1n) is 4.54. The van der Waals surface area contributed by atoms with Gasteiger partial charge >= 0.3 is 5.69 Å². The molecule has 2 heterocycles. The lowest BCUT2D eigenvalue weighted by atomic mass is 10.4. The van der Waals surface area contributed by atoms with Crippen LogP contribution in [-0.2, 0) is 6.54 Å². The molecule has 0 saturated heterocycles. The van der Waals surface area contributed by atoms with Gasteiger partial charge < -0.3 is 4.98 Å². The Morgan fingerprint density at radius 2 is 2.21 bits per heavy atom. The molecule has 5 heteroatoms. The molecule has 0 aliphatic heterocycles. The van der Waals surface area contributed by atoms with Gasteiger partial charge in [-0.3, -0.25) is 14.3 Å². The molecule has 14 heavy (non-hydrogen) atoms. The van der Waals surface area contributed by atoms with E-state index in [1.165, 1.54) is 4.57 Å². The van der Waals surface area contributed by atoms with Crippen molar-refractivity contribution in [1.82, 2.24) is 14.5 Å². The molecule has 2 aromatic rings. The van der Waals surface area contributed by atoms with E-state index in [2.05, 4.69) is 9.97 Å². The van der Waals surface area contributed by atoms with E-state index in [0.717, 1.165) is 6.42 Å². The fourth-order valence-electron chi connectivity index (χ4n) is 1.54. The number of nitrogens with one attached hydrogen (secondary N) is 2. The molecule has 0 aliphatic carbocycles. The van der Waals surface area contributed by atoms with E-state index in [1.807, 2.05) is 6.92 Å². The molecule has 0 aromatic carbocycles. The summed E-state index contributed by atoms with van der Waals surface area (Å²) >= 11 is 0. The highest BCUT2D eigenvalue weighted by Crippen LogP contribution is 2.03. The zero-order valence-electron chi connectivity index (χ0n) is 7.83. The minimum Gasteiger partial charge on any atom is -0.347 e. The third-order valence-corrected chi connectivity index (χ3v) is 2.15. The number of aromatic nitrogens is 3. The molecule has 0 radical (unpaired) electrons. The number of rotatable bonds is 2. The van der Waals surface area contributed by atoms with Gasteiger partial charge in [-0.15, -0.1) is 0 Å². The molecule has 0 fully saturated rings. The van der Waals surface area contributed by atoms with E-state index in [0.29, 0.717) is 17.6 Å². The summed E-state index contributed by atoms with van der Waals surface area (Å²) in [6.45, 7) is 2.58. The molecular formula is C9H11N3O2. The third-order valence-electron chi connectivity index (χ3n) is 2.15. The van der Waals surface area contributed by atoms with Crippen molar-refractivity contribution in [3.05, 3.63) is 33.1 Å². The second-order valence-electron chi connectivity index (χ2n) is 3.15. The maximum absolute atomic E-state index is 11.4. The van der Waals surface area contributed by atoms with Gasteiger partial charge in [-0.25, -0.2) is 4.79 Å². The van der Waals surface area contributed by atoms with Crippen LogP contribution in [0.4, 0.5) is 0 Å². The van der Waals surface area contributed by atoms with Gasteiger partial charge in [-0.05, 0) is 12.5 Å². The van der Waals surface area contributed by atoms with E-state index in [1.54, 1.807) is 12.3 Å². The SMILES string of the molecule is CCCn1c(=O)[nH]c(=O)c2cc[nH]c21. The summed E-state index contributed by atoms with van der Waals surface area (Å²) < 4.78 is 1.54. The van der Waals surface area contributed by atoms with Gasteiger partial charge in [0.25, 0.3) is 5.56 Å². The van der Waals surface area contributed by atoms with E-state index < -0.39 is 0 Å². The average molecular weight is 193 g/mol. The first-order chi connectivity index (χ1) is 6.74. The number of fused-ring (bicyclic) bond motifs is 1. The summed E-state index contributed by atoms with van der Waals surface area (Å²) in [5.74, 6) is 0. The van der Waals surface area contributed by atoms with E-state index in [-0.39, 0.29) is 11.2 Å². The van der Waals surface area contributed by atoms with Crippen LogP contribution in [0, 0.1) is 0 Å². The number of aryl methyl sites for hydroxylation is 1. The molecule has 0 spiro atoms. The lowest BCUT2D eigenvalue weighted by molar-refractivity contribution is 0.653. The van der Waals surface area contributed by atoms with Gasteiger partial charge in [0.05, 0.1) is 5.39 Å². The lowest BCUT2D eigenvalue weighted by Gasteiger charge is -2.03. The molecule has 0 bridgehead atoms. The molecule has 0 atom stereocenters. The summed E-state index contributed by atoms with van der Waals surface area (Å²) in [5, 5.41) is 0.526. The highest BCUT2D eigenvalue weighted by Gasteiger charge is 2.06. The normalized spacial score (nSPS) is 10.9. The highest BCUT2D eigenvalue weighted by atomic mass is 16.2. The number of nitrogens with zero attached hydrogens (tertiary/aromatic N) is 1. The molecule has 2 aromatic heterocycles. The van der Waals surface area contributed by atoms with Crippen molar-refractivity contribution < 1.29 is 0 Å². The van der Waals surface area contributed by atoms with Crippen molar-refractivity contribution in [3.8, 4) is 0 Å². The Morgan fingerprint density at radius 1 is 1.43 bits per heavy atom. The van der Waals surface area contributed by atoms with Gasteiger partial charge in [-0.2, -0.15) is 0 Å². The number of hydrogen-bond donors (Lipinski definition) is 2. The van der Waals surface area contributed by atoms with Crippen molar-refractivity contribution in [2.24, 2.45) is 0 Å². The van der Waals surface area contributed by atoms with Gasteiger partial charge in [0, 0.05) is 12.7 Å². The third kappa shape index (κ3) is 1.17. The quantitative estimate of drug-likeness (QED) is 0.726.